The van der Waals surface area contributed by atoms with Crippen molar-refractivity contribution in [1.29, 1.82) is 0 Å². The fraction of sp³-hybridized carbons (Fsp3) is 0.846. The number of carbonyl (C=O) groups is 2. The van der Waals surface area contributed by atoms with E-state index in [1.165, 1.54) is 12.8 Å². The molecule has 5 heteroatoms. The second-order valence-corrected chi connectivity index (χ2v) is 5.62. The van der Waals surface area contributed by atoms with Crippen molar-refractivity contribution in [2.75, 3.05) is 13.1 Å². The molecule has 0 aromatic heterocycles. The Morgan fingerprint density at radius 2 is 1.94 bits per heavy atom. The highest BCUT2D eigenvalue weighted by Crippen LogP contribution is 2.24. The Kier molecular flexibility index (Phi) is 3.24. The van der Waals surface area contributed by atoms with Gasteiger partial charge in [0.05, 0.1) is 6.04 Å². The van der Waals surface area contributed by atoms with Gasteiger partial charge in [0.2, 0.25) is 11.8 Å². The predicted molar refractivity (Wildman–Crippen MR) is 66.9 cm³/mol. The Morgan fingerprint density at radius 3 is 2.67 bits per heavy atom. The van der Waals surface area contributed by atoms with Gasteiger partial charge in [-0.15, -0.1) is 0 Å². The third kappa shape index (κ3) is 2.36. The number of carbonyl (C=O) groups excluding carboxylic acids is 2. The van der Waals surface area contributed by atoms with Crippen molar-refractivity contribution in [3.63, 3.8) is 0 Å². The van der Waals surface area contributed by atoms with Crippen LogP contribution in [0.4, 0.5) is 0 Å². The molecule has 2 atom stereocenters. The summed E-state index contributed by atoms with van der Waals surface area (Å²) in [5, 5.41) is 6.27. The number of piperidine rings is 2. The maximum Gasteiger partial charge on any atom is 0.242 e. The van der Waals surface area contributed by atoms with Crippen LogP contribution in [0.5, 0.6) is 0 Å². The van der Waals surface area contributed by atoms with Gasteiger partial charge >= 0.3 is 0 Å². The third-order valence-corrected chi connectivity index (χ3v) is 4.12. The highest BCUT2D eigenvalue weighted by atomic mass is 16.2. The van der Waals surface area contributed by atoms with Gasteiger partial charge in [-0.25, -0.2) is 0 Å². The molecule has 2 amide bonds. The van der Waals surface area contributed by atoms with E-state index in [2.05, 4.69) is 10.6 Å². The fourth-order valence-corrected chi connectivity index (χ4v) is 2.95. The Balaban J connectivity index is 1.66. The molecule has 18 heavy (non-hydrogen) atoms. The van der Waals surface area contributed by atoms with Gasteiger partial charge in [-0.1, -0.05) is 0 Å². The van der Waals surface area contributed by atoms with E-state index < -0.39 is 0 Å². The Morgan fingerprint density at radius 1 is 1.11 bits per heavy atom. The minimum Gasteiger partial charge on any atom is -0.354 e. The van der Waals surface area contributed by atoms with Crippen molar-refractivity contribution in [2.45, 2.75) is 56.7 Å². The second kappa shape index (κ2) is 4.88. The molecule has 3 fully saturated rings. The topological polar surface area (TPSA) is 61.4 Å². The molecule has 5 nitrogen and oxygen atoms in total. The summed E-state index contributed by atoms with van der Waals surface area (Å²) in [6.07, 6.45) is 6.08. The van der Waals surface area contributed by atoms with Crippen molar-refractivity contribution < 1.29 is 9.59 Å². The van der Waals surface area contributed by atoms with Gasteiger partial charge in [0.15, 0.2) is 0 Å². The fourth-order valence-electron chi connectivity index (χ4n) is 2.95. The molecule has 2 aliphatic heterocycles. The first-order valence-corrected chi connectivity index (χ1v) is 7.10. The first-order chi connectivity index (χ1) is 8.75. The molecular weight excluding hydrogens is 230 g/mol. The molecule has 3 rings (SSSR count). The normalized spacial score (nSPS) is 33.4. The second-order valence-electron chi connectivity index (χ2n) is 5.62. The number of nitrogens with one attached hydrogen (secondary N) is 2. The standard InChI is InChI=1S/C13H21N3O2/c17-12-11(4-1-7-14-12)16-8-2-3-10(13(16)18)15-9-5-6-9/h9-11,15H,1-8H2,(H,14,17). The lowest BCUT2D eigenvalue weighted by atomic mass is 9.98. The lowest BCUT2D eigenvalue weighted by Gasteiger charge is -2.39. The first-order valence-electron chi connectivity index (χ1n) is 7.10. The number of amides is 2. The molecule has 0 spiro atoms. The van der Waals surface area contributed by atoms with Crippen LogP contribution in [0.3, 0.4) is 0 Å². The summed E-state index contributed by atoms with van der Waals surface area (Å²) in [7, 11) is 0. The summed E-state index contributed by atoms with van der Waals surface area (Å²) >= 11 is 0. The summed E-state index contributed by atoms with van der Waals surface area (Å²) < 4.78 is 0. The highest BCUT2D eigenvalue weighted by Gasteiger charge is 2.38. The molecule has 2 saturated heterocycles. The zero-order valence-corrected chi connectivity index (χ0v) is 10.7. The molecule has 0 aromatic rings. The highest BCUT2D eigenvalue weighted by molar-refractivity contribution is 5.90. The zero-order chi connectivity index (χ0) is 12.5. The van der Waals surface area contributed by atoms with Crippen LogP contribution in [0.25, 0.3) is 0 Å². The third-order valence-electron chi connectivity index (χ3n) is 4.12. The number of likely N-dealkylation sites (tertiary alicyclic amines) is 1. The van der Waals surface area contributed by atoms with E-state index in [9.17, 15) is 9.59 Å². The molecular formula is C13H21N3O2. The van der Waals surface area contributed by atoms with Crippen LogP contribution < -0.4 is 10.6 Å². The summed E-state index contributed by atoms with van der Waals surface area (Å²) in [4.78, 5) is 26.1. The van der Waals surface area contributed by atoms with Crippen LogP contribution in [0.2, 0.25) is 0 Å². The number of hydrogen-bond acceptors (Lipinski definition) is 3. The largest absolute Gasteiger partial charge is 0.354 e. The molecule has 2 heterocycles. The summed E-state index contributed by atoms with van der Waals surface area (Å²) in [6.45, 7) is 1.49. The minimum absolute atomic E-state index is 0.0293. The molecule has 100 valence electrons. The van der Waals surface area contributed by atoms with Crippen LogP contribution in [-0.2, 0) is 9.59 Å². The van der Waals surface area contributed by atoms with Gasteiger partial charge in [-0.05, 0) is 38.5 Å². The number of rotatable bonds is 3. The van der Waals surface area contributed by atoms with Crippen LogP contribution in [0, 0.1) is 0 Å². The smallest absolute Gasteiger partial charge is 0.242 e. The maximum absolute atomic E-state index is 12.4. The molecule has 0 aromatic carbocycles. The monoisotopic (exact) mass is 251 g/mol. The van der Waals surface area contributed by atoms with Gasteiger partial charge in [0, 0.05) is 19.1 Å². The maximum atomic E-state index is 12.4. The quantitative estimate of drug-likeness (QED) is 0.742. The number of nitrogens with zero attached hydrogens (tertiary/aromatic N) is 1. The average Bonchev–Trinajstić information content (AvgIpc) is 3.17. The van der Waals surface area contributed by atoms with E-state index in [-0.39, 0.29) is 23.9 Å². The molecule has 3 aliphatic rings. The molecule has 0 bridgehead atoms. The van der Waals surface area contributed by atoms with Crippen molar-refractivity contribution >= 4 is 11.8 Å². The molecule has 0 radical (unpaired) electrons. The van der Waals surface area contributed by atoms with Crippen LogP contribution >= 0.6 is 0 Å². The molecule has 1 aliphatic carbocycles. The first kappa shape index (κ1) is 12.0. The Bertz CT molecular complexity index is 354. The van der Waals surface area contributed by atoms with E-state index in [0.29, 0.717) is 6.04 Å². The average molecular weight is 251 g/mol. The zero-order valence-electron chi connectivity index (χ0n) is 10.7. The van der Waals surface area contributed by atoms with Crippen molar-refractivity contribution in [3.05, 3.63) is 0 Å². The molecule has 2 N–H and O–H groups in total. The van der Waals surface area contributed by atoms with Crippen LogP contribution in [-0.4, -0.2) is 47.9 Å². The van der Waals surface area contributed by atoms with Crippen molar-refractivity contribution in [3.8, 4) is 0 Å². The van der Waals surface area contributed by atoms with E-state index in [1.54, 1.807) is 4.90 Å². The van der Waals surface area contributed by atoms with E-state index >= 15 is 0 Å². The van der Waals surface area contributed by atoms with E-state index in [0.717, 1.165) is 38.8 Å². The summed E-state index contributed by atoms with van der Waals surface area (Å²) in [5.41, 5.74) is 0. The van der Waals surface area contributed by atoms with Gasteiger partial charge in [-0.2, -0.15) is 0 Å². The van der Waals surface area contributed by atoms with Crippen molar-refractivity contribution in [1.82, 2.24) is 15.5 Å². The van der Waals surface area contributed by atoms with Crippen molar-refractivity contribution in [2.24, 2.45) is 0 Å². The SMILES string of the molecule is O=C1NCCCC1N1CCCC(NC2CC2)C1=O. The van der Waals surface area contributed by atoms with E-state index in [1.807, 2.05) is 0 Å². The Hall–Kier alpha value is -1.10. The summed E-state index contributed by atoms with van der Waals surface area (Å²) in [6, 6.07) is 0.259. The Labute approximate surface area is 107 Å². The van der Waals surface area contributed by atoms with Gasteiger partial charge < -0.3 is 15.5 Å². The lowest BCUT2D eigenvalue weighted by Crippen LogP contribution is -2.59. The predicted octanol–water partition coefficient (Wildman–Crippen LogP) is 0.00800. The molecule has 2 unspecified atom stereocenters. The van der Waals surface area contributed by atoms with Gasteiger partial charge in [0.1, 0.15) is 6.04 Å². The van der Waals surface area contributed by atoms with E-state index in [4.69, 9.17) is 0 Å². The summed E-state index contributed by atoms with van der Waals surface area (Å²) in [5.74, 6) is 0.164. The van der Waals surface area contributed by atoms with Crippen LogP contribution in [0.15, 0.2) is 0 Å². The molecule has 1 saturated carbocycles. The number of hydrogen-bond donors (Lipinski definition) is 2. The van der Waals surface area contributed by atoms with Gasteiger partial charge in [0.25, 0.3) is 0 Å². The van der Waals surface area contributed by atoms with Gasteiger partial charge in [-0.3, -0.25) is 9.59 Å². The van der Waals surface area contributed by atoms with Crippen LogP contribution in [0.1, 0.15) is 38.5 Å². The lowest BCUT2D eigenvalue weighted by molar-refractivity contribution is -0.145. The minimum atomic E-state index is -0.227.